The van der Waals surface area contributed by atoms with E-state index >= 15 is 0 Å². The summed E-state index contributed by atoms with van der Waals surface area (Å²) in [5, 5.41) is 7.40. The van der Waals surface area contributed by atoms with Gasteiger partial charge in [0, 0.05) is 12.4 Å². The lowest BCUT2D eigenvalue weighted by Crippen LogP contribution is -2.50. The molecule has 0 spiro atoms. The standard InChI is InChI=1S/C10H15N3O2/c1-15-9(14)10(3-6-11-7-4-10)13-8-2-5-12-13/h2,5,8,11H,3-4,6-7H2,1H3. The van der Waals surface area contributed by atoms with Gasteiger partial charge in [0.15, 0.2) is 5.54 Å². The number of piperidine rings is 1. The first-order chi connectivity index (χ1) is 7.29. The van der Waals surface area contributed by atoms with Crippen LogP contribution in [0, 0.1) is 0 Å². The third kappa shape index (κ3) is 1.63. The van der Waals surface area contributed by atoms with Crippen LogP contribution in [-0.2, 0) is 15.1 Å². The van der Waals surface area contributed by atoms with Gasteiger partial charge >= 0.3 is 5.97 Å². The van der Waals surface area contributed by atoms with Gasteiger partial charge in [-0.15, -0.1) is 0 Å². The Labute approximate surface area is 88.4 Å². The van der Waals surface area contributed by atoms with Crippen LogP contribution in [0.25, 0.3) is 0 Å². The van der Waals surface area contributed by atoms with Crippen LogP contribution in [0.1, 0.15) is 12.8 Å². The van der Waals surface area contributed by atoms with Crippen LogP contribution in [0.2, 0.25) is 0 Å². The van der Waals surface area contributed by atoms with E-state index in [1.54, 1.807) is 10.9 Å². The number of carbonyl (C=O) groups is 1. The van der Waals surface area contributed by atoms with Gasteiger partial charge in [-0.05, 0) is 32.0 Å². The number of rotatable bonds is 2. The molecular weight excluding hydrogens is 194 g/mol. The van der Waals surface area contributed by atoms with E-state index in [1.807, 2.05) is 12.3 Å². The van der Waals surface area contributed by atoms with Gasteiger partial charge in [0.2, 0.25) is 0 Å². The third-order valence-electron chi connectivity index (χ3n) is 2.94. The Kier molecular flexibility index (Phi) is 2.73. The SMILES string of the molecule is COC(=O)C1(n2cccn2)CCNCC1. The first kappa shape index (κ1) is 10.2. The lowest BCUT2D eigenvalue weighted by atomic mass is 9.88. The number of hydrogen-bond acceptors (Lipinski definition) is 4. The van der Waals surface area contributed by atoms with Gasteiger partial charge in [-0.2, -0.15) is 5.10 Å². The van der Waals surface area contributed by atoms with E-state index in [2.05, 4.69) is 10.4 Å². The molecule has 1 aromatic rings. The van der Waals surface area contributed by atoms with Crippen molar-refractivity contribution < 1.29 is 9.53 Å². The van der Waals surface area contributed by atoms with Gasteiger partial charge in [0.1, 0.15) is 0 Å². The van der Waals surface area contributed by atoms with Crippen LogP contribution in [0.4, 0.5) is 0 Å². The minimum atomic E-state index is -0.608. The van der Waals surface area contributed by atoms with Crippen LogP contribution in [0.15, 0.2) is 18.5 Å². The van der Waals surface area contributed by atoms with E-state index < -0.39 is 5.54 Å². The molecule has 15 heavy (non-hydrogen) atoms. The summed E-state index contributed by atoms with van der Waals surface area (Å²) < 4.78 is 6.61. The Bertz CT molecular complexity index is 328. The molecule has 0 saturated carbocycles. The quantitative estimate of drug-likeness (QED) is 0.704. The number of nitrogens with zero attached hydrogens (tertiary/aromatic N) is 2. The van der Waals surface area contributed by atoms with Gasteiger partial charge in [-0.25, -0.2) is 4.79 Å². The van der Waals surface area contributed by atoms with Crippen LogP contribution in [0.3, 0.4) is 0 Å². The molecule has 1 aromatic heterocycles. The number of nitrogens with one attached hydrogen (secondary N) is 1. The zero-order valence-corrected chi connectivity index (χ0v) is 8.77. The molecule has 82 valence electrons. The van der Waals surface area contributed by atoms with E-state index in [4.69, 9.17) is 4.74 Å². The molecule has 0 aliphatic carbocycles. The fourth-order valence-electron chi connectivity index (χ4n) is 2.08. The highest BCUT2D eigenvalue weighted by Gasteiger charge is 2.42. The van der Waals surface area contributed by atoms with E-state index in [0.717, 1.165) is 25.9 Å². The van der Waals surface area contributed by atoms with Crippen molar-refractivity contribution in [3.63, 3.8) is 0 Å². The second kappa shape index (κ2) is 4.02. The summed E-state index contributed by atoms with van der Waals surface area (Å²) in [6.45, 7) is 1.63. The Morgan fingerprint density at radius 3 is 2.80 bits per heavy atom. The lowest BCUT2D eigenvalue weighted by Gasteiger charge is -2.34. The molecule has 1 aliphatic rings. The Hall–Kier alpha value is -1.36. The predicted octanol–water partition coefficient (Wildman–Crippen LogP) is 0.135. The number of carbonyl (C=O) groups excluding carboxylic acids is 1. The van der Waals surface area contributed by atoms with Crippen LogP contribution in [-0.4, -0.2) is 35.9 Å². The zero-order chi connectivity index (χ0) is 10.7. The number of ether oxygens (including phenoxy) is 1. The average molecular weight is 209 g/mol. The molecular formula is C10H15N3O2. The first-order valence-corrected chi connectivity index (χ1v) is 5.09. The summed E-state index contributed by atoms with van der Waals surface area (Å²) >= 11 is 0. The maximum absolute atomic E-state index is 11.9. The third-order valence-corrected chi connectivity index (χ3v) is 2.94. The highest BCUT2D eigenvalue weighted by Crippen LogP contribution is 2.27. The minimum Gasteiger partial charge on any atom is -0.467 e. The van der Waals surface area contributed by atoms with E-state index in [0.29, 0.717) is 0 Å². The highest BCUT2D eigenvalue weighted by molar-refractivity contribution is 5.78. The maximum Gasteiger partial charge on any atom is 0.333 e. The normalized spacial score (nSPS) is 19.8. The molecule has 1 aliphatic heterocycles. The second-order valence-electron chi connectivity index (χ2n) is 3.72. The Morgan fingerprint density at radius 2 is 2.27 bits per heavy atom. The Balaban J connectivity index is 2.34. The number of aromatic nitrogens is 2. The summed E-state index contributed by atoms with van der Waals surface area (Å²) in [5.41, 5.74) is -0.608. The molecule has 0 radical (unpaired) electrons. The summed E-state index contributed by atoms with van der Waals surface area (Å²) in [6.07, 6.45) is 4.96. The van der Waals surface area contributed by atoms with Crippen molar-refractivity contribution in [2.75, 3.05) is 20.2 Å². The maximum atomic E-state index is 11.9. The Morgan fingerprint density at radius 1 is 1.53 bits per heavy atom. The first-order valence-electron chi connectivity index (χ1n) is 5.09. The van der Waals surface area contributed by atoms with Gasteiger partial charge in [0.25, 0.3) is 0 Å². The van der Waals surface area contributed by atoms with Crippen LogP contribution < -0.4 is 5.32 Å². The summed E-state index contributed by atoms with van der Waals surface area (Å²) in [7, 11) is 1.43. The van der Waals surface area contributed by atoms with Gasteiger partial charge in [0.05, 0.1) is 7.11 Å². The van der Waals surface area contributed by atoms with E-state index in [1.165, 1.54) is 7.11 Å². The van der Waals surface area contributed by atoms with Crippen molar-refractivity contribution in [3.8, 4) is 0 Å². The molecule has 0 amide bonds. The largest absolute Gasteiger partial charge is 0.467 e. The molecule has 5 heteroatoms. The smallest absolute Gasteiger partial charge is 0.333 e. The number of esters is 1. The molecule has 5 nitrogen and oxygen atoms in total. The molecule has 2 heterocycles. The lowest BCUT2D eigenvalue weighted by molar-refractivity contribution is -0.153. The summed E-state index contributed by atoms with van der Waals surface area (Å²) in [6, 6.07) is 1.83. The van der Waals surface area contributed by atoms with Crippen molar-refractivity contribution in [1.29, 1.82) is 0 Å². The van der Waals surface area contributed by atoms with E-state index in [-0.39, 0.29) is 5.97 Å². The van der Waals surface area contributed by atoms with Crippen molar-refractivity contribution in [2.45, 2.75) is 18.4 Å². The molecule has 1 fully saturated rings. The van der Waals surface area contributed by atoms with Crippen molar-refractivity contribution in [3.05, 3.63) is 18.5 Å². The molecule has 2 rings (SSSR count). The van der Waals surface area contributed by atoms with Crippen molar-refractivity contribution in [2.24, 2.45) is 0 Å². The summed E-state index contributed by atoms with van der Waals surface area (Å²) in [5.74, 6) is -0.201. The molecule has 0 aromatic carbocycles. The van der Waals surface area contributed by atoms with Gasteiger partial charge < -0.3 is 10.1 Å². The predicted molar refractivity (Wildman–Crippen MR) is 54.3 cm³/mol. The molecule has 0 atom stereocenters. The molecule has 0 bridgehead atoms. The second-order valence-corrected chi connectivity index (χ2v) is 3.72. The van der Waals surface area contributed by atoms with Crippen molar-refractivity contribution >= 4 is 5.97 Å². The van der Waals surface area contributed by atoms with Crippen LogP contribution >= 0.6 is 0 Å². The number of hydrogen-bond donors (Lipinski definition) is 1. The topological polar surface area (TPSA) is 56.2 Å². The fraction of sp³-hybridized carbons (Fsp3) is 0.600. The molecule has 1 saturated heterocycles. The monoisotopic (exact) mass is 209 g/mol. The average Bonchev–Trinajstić information content (AvgIpc) is 2.83. The number of methoxy groups -OCH3 is 1. The highest BCUT2D eigenvalue weighted by atomic mass is 16.5. The van der Waals surface area contributed by atoms with Crippen LogP contribution in [0.5, 0.6) is 0 Å². The molecule has 1 N–H and O–H groups in total. The van der Waals surface area contributed by atoms with E-state index in [9.17, 15) is 4.79 Å². The molecule has 0 unspecified atom stereocenters. The minimum absolute atomic E-state index is 0.201. The van der Waals surface area contributed by atoms with Crippen molar-refractivity contribution in [1.82, 2.24) is 15.1 Å². The fourth-order valence-corrected chi connectivity index (χ4v) is 2.08. The van der Waals surface area contributed by atoms with Gasteiger partial charge in [-0.3, -0.25) is 4.68 Å². The van der Waals surface area contributed by atoms with Gasteiger partial charge in [-0.1, -0.05) is 0 Å². The zero-order valence-electron chi connectivity index (χ0n) is 8.77. The summed E-state index contributed by atoms with van der Waals surface area (Å²) in [4.78, 5) is 11.9.